The van der Waals surface area contributed by atoms with E-state index in [1.54, 1.807) is 6.92 Å². The Morgan fingerprint density at radius 1 is 0.826 bits per heavy atom. The van der Waals surface area contributed by atoms with Gasteiger partial charge in [-0.15, -0.1) is 0 Å². The summed E-state index contributed by atoms with van der Waals surface area (Å²) in [5.74, 6) is -0.0775. The second kappa shape index (κ2) is 13.4. The van der Waals surface area contributed by atoms with Crippen molar-refractivity contribution in [3.63, 3.8) is 0 Å². The molecule has 3 atom stereocenters. The molecule has 0 aromatic carbocycles. The molecule has 0 rings (SSSR count). The second-order valence-corrected chi connectivity index (χ2v) is 6.49. The summed E-state index contributed by atoms with van der Waals surface area (Å²) < 4.78 is 10.2. The molecule has 4 heteroatoms. The van der Waals surface area contributed by atoms with Crippen LogP contribution in [0.15, 0.2) is 0 Å². The van der Waals surface area contributed by atoms with E-state index in [-0.39, 0.29) is 23.8 Å². The lowest BCUT2D eigenvalue weighted by Gasteiger charge is -2.19. The van der Waals surface area contributed by atoms with Crippen molar-refractivity contribution >= 4 is 11.9 Å². The molecule has 0 amide bonds. The Hall–Kier alpha value is -1.06. The number of hydrogen-bond acceptors (Lipinski definition) is 4. The topological polar surface area (TPSA) is 52.6 Å². The van der Waals surface area contributed by atoms with E-state index < -0.39 is 0 Å². The van der Waals surface area contributed by atoms with Crippen LogP contribution in [0.25, 0.3) is 0 Å². The van der Waals surface area contributed by atoms with Crippen LogP contribution in [0.1, 0.15) is 79.6 Å². The lowest BCUT2D eigenvalue weighted by atomic mass is 9.90. The average molecular weight is 328 g/mol. The number of carbonyl (C=O) groups is 2. The molecule has 136 valence electrons. The Labute approximate surface area is 142 Å². The lowest BCUT2D eigenvalue weighted by molar-refractivity contribution is -0.152. The van der Waals surface area contributed by atoms with Gasteiger partial charge in [0.05, 0.1) is 25.0 Å². The highest BCUT2D eigenvalue weighted by Crippen LogP contribution is 2.22. The summed E-state index contributed by atoms with van der Waals surface area (Å²) in [5.41, 5.74) is 0. The smallest absolute Gasteiger partial charge is 0.308 e. The molecule has 0 N–H and O–H groups in total. The van der Waals surface area contributed by atoms with Gasteiger partial charge in [0.25, 0.3) is 0 Å². The van der Waals surface area contributed by atoms with Gasteiger partial charge in [-0.1, -0.05) is 52.9 Å². The molecule has 0 aromatic rings. The van der Waals surface area contributed by atoms with Gasteiger partial charge >= 0.3 is 11.9 Å². The molecule has 0 aliphatic heterocycles. The first-order chi connectivity index (χ1) is 11.0. The van der Waals surface area contributed by atoms with E-state index in [9.17, 15) is 9.59 Å². The van der Waals surface area contributed by atoms with Crippen LogP contribution in [0.2, 0.25) is 0 Å². The third kappa shape index (κ3) is 10.4. The van der Waals surface area contributed by atoms with Crippen LogP contribution in [0.5, 0.6) is 0 Å². The summed E-state index contributed by atoms with van der Waals surface area (Å²) in [6.45, 7) is 10.7. The van der Waals surface area contributed by atoms with Gasteiger partial charge in [0.15, 0.2) is 0 Å². The molecule has 3 unspecified atom stereocenters. The first-order valence-corrected chi connectivity index (χ1v) is 9.29. The van der Waals surface area contributed by atoms with E-state index in [2.05, 4.69) is 13.8 Å². The largest absolute Gasteiger partial charge is 0.466 e. The van der Waals surface area contributed by atoms with E-state index in [1.165, 1.54) is 19.3 Å². The Bertz CT molecular complexity index is 327. The van der Waals surface area contributed by atoms with Crippen molar-refractivity contribution in [2.24, 2.45) is 17.8 Å². The standard InChI is InChI=1S/C19H36O4/c1-6-15(4)12-10-9-11-13-17(19(21)23-8-3)14-16(5)18(20)22-7-2/h15-17H,6-14H2,1-5H3. The molecule has 4 nitrogen and oxygen atoms in total. The van der Waals surface area contributed by atoms with Crippen LogP contribution < -0.4 is 0 Å². The number of rotatable bonds is 13. The summed E-state index contributed by atoms with van der Waals surface area (Å²) in [6, 6.07) is 0. The Morgan fingerprint density at radius 3 is 1.96 bits per heavy atom. The Balaban J connectivity index is 4.30. The quantitative estimate of drug-likeness (QED) is 0.361. The number of ether oxygens (including phenoxy) is 2. The van der Waals surface area contributed by atoms with Crippen molar-refractivity contribution in [1.82, 2.24) is 0 Å². The maximum Gasteiger partial charge on any atom is 0.308 e. The predicted octanol–water partition coefficient (Wildman–Crippen LogP) is 4.75. The van der Waals surface area contributed by atoms with Crippen molar-refractivity contribution in [3.8, 4) is 0 Å². The van der Waals surface area contributed by atoms with Gasteiger partial charge < -0.3 is 9.47 Å². The lowest BCUT2D eigenvalue weighted by Crippen LogP contribution is -2.24. The minimum Gasteiger partial charge on any atom is -0.466 e. The van der Waals surface area contributed by atoms with Gasteiger partial charge in [0.2, 0.25) is 0 Å². The molecule has 0 fully saturated rings. The van der Waals surface area contributed by atoms with E-state index in [0.717, 1.165) is 25.2 Å². The molecule has 0 aromatic heterocycles. The zero-order valence-electron chi connectivity index (χ0n) is 15.7. The van der Waals surface area contributed by atoms with Gasteiger partial charge in [-0.25, -0.2) is 0 Å². The Kier molecular flexibility index (Phi) is 12.8. The molecule has 0 aliphatic carbocycles. The average Bonchev–Trinajstić information content (AvgIpc) is 2.53. The highest BCUT2D eigenvalue weighted by atomic mass is 16.5. The fourth-order valence-corrected chi connectivity index (χ4v) is 2.66. The van der Waals surface area contributed by atoms with Crippen molar-refractivity contribution in [1.29, 1.82) is 0 Å². The van der Waals surface area contributed by atoms with Gasteiger partial charge in [0.1, 0.15) is 0 Å². The number of esters is 2. The summed E-state index contributed by atoms with van der Waals surface area (Å²) in [5, 5.41) is 0. The maximum atomic E-state index is 12.1. The Morgan fingerprint density at radius 2 is 1.39 bits per heavy atom. The third-order valence-corrected chi connectivity index (χ3v) is 4.39. The zero-order valence-corrected chi connectivity index (χ0v) is 15.7. The van der Waals surface area contributed by atoms with Gasteiger partial charge in [-0.3, -0.25) is 9.59 Å². The van der Waals surface area contributed by atoms with Crippen molar-refractivity contribution < 1.29 is 19.1 Å². The van der Waals surface area contributed by atoms with E-state index in [0.29, 0.717) is 19.6 Å². The SMILES string of the molecule is CCOC(=O)C(C)CC(CCCCCC(C)CC)C(=O)OCC. The van der Waals surface area contributed by atoms with E-state index in [4.69, 9.17) is 9.47 Å². The normalized spacial score (nSPS) is 14.8. The molecular weight excluding hydrogens is 292 g/mol. The van der Waals surface area contributed by atoms with Gasteiger partial charge in [-0.2, -0.15) is 0 Å². The highest BCUT2D eigenvalue weighted by molar-refractivity contribution is 5.75. The fraction of sp³-hybridized carbons (Fsp3) is 0.895. The number of hydrogen-bond donors (Lipinski definition) is 0. The number of carbonyl (C=O) groups excluding carboxylic acids is 2. The van der Waals surface area contributed by atoms with Gasteiger partial charge in [-0.05, 0) is 32.6 Å². The van der Waals surface area contributed by atoms with Crippen LogP contribution in [0.4, 0.5) is 0 Å². The second-order valence-electron chi connectivity index (χ2n) is 6.49. The monoisotopic (exact) mass is 328 g/mol. The molecule has 0 saturated carbocycles. The molecule has 0 radical (unpaired) electrons. The summed E-state index contributed by atoms with van der Waals surface area (Å²) >= 11 is 0. The molecule has 0 aliphatic rings. The van der Waals surface area contributed by atoms with Crippen molar-refractivity contribution in [2.75, 3.05) is 13.2 Å². The van der Waals surface area contributed by atoms with Crippen LogP contribution in [-0.4, -0.2) is 25.2 Å². The minimum absolute atomic E-state index is 0.175. The minimum atomic E-state index is -0.260. The van der Waals surface area contributed by atoms with Crippen LogP contribution in [0.3, 0.4) is 0 Å². The van der Waals surface area contributed by atoms with Crippen molar-refractivity contribution in [2.45, 2.75) is 79.6 Å². The summed E-state index contributed by atoms with van der Waals surface area (Å²) in [7, 11) is 0. The van der Waals surface area contributed by atoms with Crippen LogP contribution in [0, 0.1) is 17.8 Å². The highest BCUT2D eigenvalue weighted by Gasteiger charge is 2.25. The van der Waals surface area contributed by atoms with Crippen molar-refractivity contribution in [3.05, 3.63) is 0 Å². The fourth-order valence-electron chi connectivity index (χ4n) is 2.66. The van der Waals surface area contributed by atoms with Crippen LogP contribution in [-0.2, 0) is 19.1 Å². The molecule has 0 heterocycles. The molecule has 0 bridgehead atoms. The molecule has 0 spiro atoms. The third-order valence-electron chi connectivity index (χ3n) is 4.39. The zero-order chi connectivity index (χ0) is 17.7. The first-order valence-electron chi connectivity index (χ1n) is 9.29. The predicted molar refractivity (Wildman–Crippen MR) is 93.1 cm³/mol. The summed E-state index contributed by atoms with van der Waals surface area (Å²) in [6.07, 6.45) is 7.13. The van der Waals surface area contributed by atoms with E-state index in [1.807, 2.05) is 13.8 Å². The molecular formula is C19H36O4. The first kappa shape index (κ1) is 21.9. The molecule has 0 saturated heterocycles. The van der Waals surface area contributed by atoms with Gasteiger partial charge in [0, 0.05) is 0 Å². The molecule has 23 heavy (non-hydrogen) atoms. The van der Waals surface area contributed by atoms with E-state index >= 15 is 0 Å². The number of unbranched alkanes of at least 4 members (excludes halogenated alkanes) is 2. The van der Waals surface area contributed by atoms with Crippen LogP contribution >= 0.6 is 0 Å². The summed E-state index contributed by atoms with van der Waals surface area (Å²) in [4.78, 5) is 23.9. The maximum absolute atomic E-state index is 12.1.